The molecule has 0 aliphatic heterocycles. The maximum atomic E-state index is 13.1. The number of hydrogen-bond donors (Lipinski definition) is 1. The standard InChI is InChI=1S/C23H18N2O3/c1-14-10-11-15(2)20(12-14)21-18-8-3-4-9-19(18)22(26)25(24-21)17-7-5-6-16(13-17)23(27)28/h3-13H,1-2H3,(H,27,28). The number of carbonyl (C=O) groups is 1. The molecule has 0 spiro atoms. The Labute approximate surface area is 161 Å². The van der Waals surface area contributed by atoms with Gasteiger partial charge in [0.25, 0.3) is 5.56 Å². The van der Waals surface area contributed by atoms with Crippen molar-refractivity contribution in [1.82, 2.24) is 9.78 Å². The minimum atomic E-state index is -1.05. The van der Waals surface area contributed by atoms with Crippen LogP contribution in [-0.2, 0) is 0 Å². The highest BCUT2D eigenvalue weighted by atomic mass is 16.4. The van der Waals surface area contributed by atoms with Crippen LogP contribution in [0.4, 0.5) is 0 Å². The summed E-state index contributed by atoms with van der Waals surface area (Å²) in [5.41, 5.74) is 4.02. The fourth-order valence-electron chi connectivity index (χ4n) is 3.33. The Morgan fingerprint density at radius 1 is 0.929 bits per heavy atom. The largest absolute Gasteiger partial charge is 0.478 e. The van der Waals surface area contributed by atoms with Gasteiger partial charge in [-0.2, -0.15) is 9.78 Å². The summed E-state index contributed by atoms with van der Waals surface area (Å²) in [5, 5.41) is 15.2. The number of nitrogens with zero attached hydrogens (tertiary/aromatic N) is 2. The van der Waals surface area contributed by atoms with Crippen LogP contribution in [0.3, 0.4) is 0 Å². The SMILES string of the molecule is Cc1ccc(C)c(-c2nn(-c3cccc(C(=O)O)c3)c(=O)c3ccccc23)c1. The van der Waals surface area contributed by atoms with Crippen LogP contribution >= 0.6 is 0 Å². The summed E-state index contributed by atoms with van der Waals surface area (Å²) in [6.45, 7) is 4.02. The lowest BCUT2D eigenvalue weighted by atomic mass is 9.99. The normalized spacial score (nSPS) is 10.9. The number of carboxylic acid groups (broad SMARTS) is 1. The molecule has 0 aliphatic rings. The van der Waals surface area contributed by atoms with Gasteiger partial charge < -0.3 is 5.11 Å². The van der Waals surface area contributed by atoms with Crippen molar-refractivity contribution in [3.05, 3.63) is 93.8 Å². The fraction of sp³-hybridized carbons (Fsp3) is 0.0870. The number of rotatable bonds is 3. The minimum absolute atomic E-state index is 0.104. The van der Waals surface area contributed by atoms with E-state index >= 15 is 0 Å². The molecule has 5 heteroatoms. The van der Waals surface area contributed by atoms with Gasteiger partial charge in [-0.15, -0.1) is 0 Å². The first-order valence-corrected chi connectivity index (χ1v) is 8.89. The Bertz CT molecular complexity index is 1290. The van der Waals surface area contributed by atoms with Crippen LogP contribution in [0.2, 0.25) is 0 Å². The average Bonchev–Trinajstić information content (AvgIpc) is 2.70. The quantitative estimate of drug-likeness (QED) is 0.581. The zero-order valence-corrected chi connectivity index (χ0v) is 15.5. The summed E-state index contributed by atoms with van der Waals surface area (Å²) in [7, 11) is 0. The number of aromatic nitrogens is 2. The number of carboxylic acids is 1. The Morgan fingerprint density at radius 2 is 1.68 bits per heavy atom. The number of hydrogen-bond acceptors (Lipinski definition) is 3. The fourth-order valence-corrected chi connectivity index (χ4v) is 3.33. The third kappa shape index (κ3) is 2.97. The predicted molar refractivity (Wildman–Crippen MR) is 109 cm³/mol. The number of fused-ring (bicyclic) bond motifs is 1. The topological polar surface area (TPSA) is 72.2 Å². The van der Waals surface area contributed by atoms with Gasteiger partial charge in [0.05, 0.1) is 22.3 Å². The molecule has 4 rings (SSSR count). The van der Waals surface area contributed by atoms with Gasteiger partial charge in [0.2, 0.25) is 0 Å². The molecule has 1 N–H and O–H groups in total. The van der Waals surface area contributed by atoms with E-state index < -0.39 is 5.97 Å². The summed E-state index contributed by atoms with van der Waals surface area (Å²) < 4.78 is 1.28. The van der Waals surface area contributed by atoms with Gasteiger partial charge >= 0.3 is 5.97 Å². The van der Waals surface area contributed by atoms with E-state index in [1.165, 1.54) is 16.8 Å². The molecule has 0 atom stereocenters. The Morgan fingerprint density at radius 3 is 2.43 bits per heavy atom. The van der Waals surface area contributed by atoms with Gasteiger partial charge in [-0.05, 0) is 49.7 Å². The van der Waals surface area contributed by atoms with Crippen molar-refractivity contribution in [2.45, 2.75) is 13.8 Å². The van der Waals surface area contributed by atoms with E-state index in [1.807, 2.05) is 50.2 Å². The lowest BCUT2D eigenvalue weighted by Gasteiger charge is -2.13. The van der Waals surface area contributed by atoms with Crippen molar-refractivity contribution in [2.75, 3.05) is 0 Å². The molecule has 0 fully saturated rings. The maximum Gasteiger partial charge on any atom is 0.335 e. The molecule has 1 aromatic heterocycles. The molecule has 0 unspecified atom stereocenters. The van der Waals surface area contributed by atoms with Crippen LogP contribution in [0, 0.1) is 13.8 Å². The van der Waals surface area contributed by atoms with E-state index in [0.29, 0.717) is 16.8 Å². The molecule has 0 bridgehead atoms. The second kappa shape index (κ2) is 6.78. The van der Waals surface area contributed by atoms with Gasteiger partial charge in [0.15, 0.2) is 0 Å². The van der Waals surface area contributed by atoms with Crippen LogP contribution in [0.1, 0.15) is 21.5 Å². The number of aryl methyl sites for hydroxylation is 2. The molecule has 0 radical (unpaired) electrons. The third-order valence-corrected chi connectivity index (χ3v) is 4.79. The van der Waals surface area contributed by atoms with E-state index in [0.717, 1.165) is 22.1 Å². The molecule has 4 aromatic rings. The second-order valence-electron chi connectivity index (χ2n) is 6.79. The molecular formula is C23H18N2O3. The van der Waals surface area contributed by atoms with Crippen LogP contribution in [0.15, 0.2) is 71.5 Å². The Balaban J connectivity index is 2.08. The molecule has 0 saturated carbocycles. The molecular weight excluding hydrogens is 352 g/mol. The minimum Gasteiger partial charge on any atom is -0.478 e. The van der Waals surface area contributed by atoms with E-state index in [2.05, 4.69) is 5.10 Å². The summed E-state index contributed by atoms with van der Waals surface area (Å²) in [4.78, 5) is 24.4. The molecule has 28 heavy (non-hydrogen) atoms. The van der Waals surface area contributed by atoms with Crippen LogP contribution in [0.25, 0.3) is 27.7 Å². The lowest BCUT2D eigenvalue weighted by Crippen LogP contribution is -2.22. The van der Waals surface area contributed by atoms with Crippen molar-refractivity contribution in [3.8, 4) is 16.9 Å². The highest BCUT2D eigenvalue weighted by Gasteiger charge is 2.15. The maximum absolute atomic E-state index is 13.1. The monoisotopic (exact) mass is 370 g/mol. The highest BCUT2D eigenvalue weighted by Crippen LogP contribution is 2.28. The van der Waals surface area contributed by atoms with Gasteiger partial charge in [-0.3, -0.25) is 4.79 Å². The average molecular weight is 370 g/mol. The molecule has 0 aliphatic carbocycles. The first-order chi connectivity index (χ1) is 13.5. The van der Waals surface area contributed by atoms with E-state index in [9.17, 15) is 14.7 Å². The van der Waals surface area contributed by atoms with Crippen LogP contribution in [0.5, 0.6) is 0 Å². The van der Waals surface area contributed by atoms with Crippen LogP contribution < -0.4 is 5.56 Å². The van der Waals surface area contributed by atoms with Crippen molar-refractivity contribution >= 4 is 16.7 Å². The summed E-state index contributed by atoms with van der Waals surface area (Å²) >= 11 is 0. The summed E-state index contributed by atoms with van der Waals surface area (Å²) in [5.74, 6) is -1.05. The lowest BCUT2D eigenvalue weighted by molar-refractivity contribution is 0.0697. The van der Waals surface area contributed by atoms with Gasteiger partial charge in [-0.1, -0.05) is 42.0 Å². The predicted octanol–water partition coefficient (Wildman–Crippen LogP) is 4.37. The molecule has 138 valence electrons. The van der Waals surface area contributed by atoms with Gasteiger partial charge in [-0.25, -0.2) is 4.79 Å². The van der Waals surface area contributed by atoms with Crippen molar-refractivity contribution < 1.29 is 9.90 Å². The molecule has 1 heterocycles. The molecule has 3 aromatic carbocycles. The van der Waals surface area contributed by atoms with Crippen molar-refractivity contribution in [1.29, 1.82) is 0 Å². The third-order valence-electron chi connectivity index (χ3n) is 4.79. The second-order valence-corrected chi connectivity index (χ2v) is 6.79. The Kier molecular flexibility index (Phi) is 4.28. The zero-order chi connectivity index (χ0) is 19.8. The Hall–Kier alpha value is -3.73. The molecule has 0 saturated heterocycles. The van der Waals surface area contributed by atoms with Gasteiger partial charge in [0, 0.05) is 10.9 Å². The zero-order valence-electron chi connectivity index (χ0n) is 15.5. The van der Waals surface area contributed by atoms with E-state index in [4.69, 9.17) is 0 Å². The van der Waals surface area contributed by atoms with Crippen LogP contribution in [-0.4, -0.2) is 20.9 Å². The van der Waals surface area contributed by atoms with Crippen molar-refractivity contribution in [3.63, 3.8) is 0 Å². The molecule has 5 nitrogen and oxygen atoms in total. The number of benzene rings is 3. The number of aromatic carboxylic acids is 1. The van der Waals surface area contributed by atoms with Crippen molar-refractivity contribution in [2.24, 2.45) is 0 Å². The summed E-state index contributed by atoms with van der Waals surface area (Å²) in [6, 6.07) is 19.7. The molecule has 0 amide bonds. The first kappa shape index (κ1) is 17.7. The van der Waals surface area contributed by atoms with E-state index in [1.54, 1.807) is 18.2 Å². The first-order valence-electron chi connectivity index (χ1n) is 8.89. The summed E-state index contributed by atoms with van der Waals surface area (Å²) in [6.07, 6.45) is 0. The van der Waals surface area contributed by atoms with E-state index in [-0.39, 0.29) is 11.1 Å². The highest BCUT2D eigenvalue weighted by molar-refractivity contribution is 5.95. The van der Waals surface area contributed by atoms with Gasteiger partial charge in [0.1, 0.15) is 0 Å². The smallest absolute Gasteiger partial charge is 0.335 e.